The minimum Gasteiger partial charge on any atom is -0.493 e. The van der Waals surface area contributed by atoms with Crippen LogP contribution in [0.1, 0.15) is 5.56 Å². The lowest BCUT2D eigenvalue weighted by Crippen LogP contribution is -2.01. The van der Waals surface area contributed by atoms with E-state index in [2.05, 4.69) is 5.32 Å². The third-order valence-electron chi connectivity index (χ3n) is 2.94. The normalized spacial score (nSPS) is 10.3. The Labute approximate surface area is 138 Å². The smallest absolute Gasteiger partial charge is 0.162 e. The van der Waals surface area contributed by atoms with Gasteiger partial charge in [0.15, 0.2) is 11.5 Å². The predicted molar refractivity (Wildman–Crippen MR) is 88.3 cm³/mol. The van der Waals surface area contributed by atoms with Crippen LogP contribution in [0, 0.1) is 0 Å². The number of halogens is 3. The average molecular weight is 347 g/mol. The molecule has 0 saturated heterocycles. The number of hydrogen-bond acceptors (Lipinski definition) is 3. The first kappa shape index (κ1) is 16.1. The maximum Gasteiger partial charge on any atom is 0.162 e. The lowest BCUT2D eigenvalue weighted by Gasteiger charge is -2.13. The molecule has 2 aromatic carbocycles. The Morgan fingerprint density at radius 2 is 1.52 bits per heavy atom. The van der Waals surface area contributed by atoms with Crippen LogP contribution < -0.4 is 14.8 Å². The largest absolute Gasteiger partial charge is 0.493 e. The van der Waals surface area contributed by atoms with Gasteiger partial charge in [-0.1, -0.05) is 40.9 Å². The number of ether oxygens (including phenoxy) is 2. The zero-order valence-electron chi connectivity index (χ0n) is 11.5. The average Bonchev–Trinajstić information content (AvgIpc) is 2.49. The molecule has 0 atom stereocenters. The minimum absolute atomic E-state index is 0.523. The molecule has 1 N–H and O–H groups in total. The van der Waals surface area contributed by atoms with Crippen LogP contribution in [0.3, 0.4) is 0 Å². The molecule has 0 aliphatic heterocycles. The molecule has 21 heavy (non-hydrogen) atoms. The highest BCUT2D eigenvalue weighted by molar-refractivity contribution is 6.42. The molecule has 0 spiro atoms. The Morgan fingerprint density at radius 3 is 2.14 bits per heavy atom. The summed E-state index contributed by atoms with van der Waals surface area (Å²) >= 11 is 18.1. The fourth-order valence-electron chi connectivity index (χ4n) is 1.84. The standard InChI is InChI=1S/C15H14Cl3NO2/c1-20-14-6-12(18)13(7-15(14)21-2)19-8-9-3-4-10(16)11(17)5-9/h3-7,19H,8H2,1-2H3. The molecule has 0 unspecified atom stereocenters. The van der Waals surface area contributed by atoms with Crippen molar-refractivity contribution >= 4 is 40.5 Å². The van der Waals surface area contributed by atoms with E-state index in [9.17, 15) is 0 Å². The highest BCUT2D eigenvalue weighted by atomic mass is 35.5. The van der Waals surface area contributed by atoms with E-state index in [0.717, 1.165) is 11.3 Å². The van der Waals surface area contributed by atoms with Crippen LogP contribution in [-0.2, 0) is 6.54 Å². The first-order valence-corrected chi connectivity index (χ1v) is 7.28. The van der Waals surface area contributed by atoms with Gasteiger partial charge in [0, 0.05) is 18.7 Å². The third-order valence-corrected chi connectivity index (χ3v) is 3.99. The molecule has 2 rings (SSSR count). The van der Waals surface area contributed by atoms with E-state index in [1.165, 1.54) is 0 Å². The van der Waals surface area contributed by atoms with Crippen molar-refractivity contribution < 1.29 is 9.47 Å². The molecule has 2 aromatic rings. The molecule has 0 aromatic heterocycles. The molecule has 0 radical (unpaired) electrons. The fourth-order valence-corrected chi connectivity index (χ4v) is 2.38. The van der Waals surface area contributed by atoms with E-state index >= 15 is 0 Å². The van der Waals surface area contributed by atoms with Crippen LogP contribution in [0.5, 0.6) is 11.5 Å². The zero-order chi connectivity index (χ0) is 15.4. The van der Waals surface area contributed by atoms with E-state index in [1.807, 2.05) is 12.1 Å². The van der Waals surface area contributed by atoms with E-state index in [-0.39, 0.29) is 0 Å². The van der Waals surface area contributed by atoms with E-state index < -0.39 is 0 Å². The highest BCUT2D eigenvalue weighted by Gasteiger charge is 2.10. The summed E-state index contributed by atoms with van der Waals surface area (Å²) in [5, 5.41) is 4.84. The first-order valence-electron chi connectivity index (χ1n) is 6.14. The summed E-state index contributed by atoms with van der Waals surface area (Å²) in [6.45, 7) is 0.562. The zero-order valence-corrected chi connectivity index (χ0v) is 13.8. The van der Waals surface area contributed by atoms with Crippen LogP contribution in [0.15, 0.2) is 30.3 Å². The van der Waals surface area contributed by atoms with Crippen LogP contribution in [0.25, 0.3) is 0 Å². The quantitative estimate of drug-likeness (QED) is 0.799. The molecule has 0 aliphatic carbocycles. The highest BCUT2D eigenvalue weighted by Crippen LogP contribution is 2.36. The van der Waals surface area contributed by atoms with Crippen LogP contribution in [-0.4, -0.2) is 14.2 Å². The summed E-state index contributed by atoms with van der Waals surface area (Å²) in [6.07, 6.45) is 0. The summed E-state index contributed by atoms with van der Waals surface area (Å²) in [4.78, 5) is 0. The maximum absolute atomic E-state index is 6.21. The lowest BCUT2D eigenvalue weighted by molar-refractivity contribution is 0.355. The third kappa shape index (κ3) is 3.88. The van der Waals surface area contributed by atoms with Crippen LogP contribution >= 0.6 is 34.8 Å². The molecule has 0 fully saturated rings. The van der Waals surface area contributed by atoms with Gasteiger partial charge in [0.2, 0.25) is 0 Å². The first-order chi connectivity index (χ1) is 10.0. The molecular weight excluding hydrogens is 333 g/mol. The Kier molecular flexibility index (Phi) is 5.45. The summed E-state index contributed by atoms with van der Waals surface area (Å²) in [5.41, 5.74) is 1.75. The Morgan fingerprint density at radius 1 is 0.857 bits per heavy atom. The van der Waals surface area contributed by atoms with E-state index in [1.54, 1.807) is 32.4 Å². The van der Waals surface area contributed by atoms with Crippen molar-refractivity contribution in [3.8, 4) is 11.5 Å². The molecule has 3 nitrogen and oxygen atoms in total. The summed E-state index contributed by atoms with van der Waals surface area (Å²) in [7, 11) is 3.14. The molecule has 0 saturated carbocycles. The van der Waals surface area contributed by atoms with Gasteiger partial charge in [-0.05, 0) is 17.7 Å². The fraction of sp³-hybridized carbons (Fsp3) is 0.200. The maximum atomic E-state index is 6.21. The van der Waals surface area contributed by atoms with Crippen LogP contribution in [0.2, 0.25) is 15.1 Å². The van der Waals surface area contributed by atoms with Gasteiger partial charge in [-0.25, -0.2) is 0 Å². The van der Waals surface area contributed by atoms with Gasteiger partial charge >= 0.3 is 0 Å². The number of methoxy groups -OCH3 is 2. The molecule has 0 aliphatic rings. The van der Waals surface area contributed by atoms with Gasteiger partial charge in [-0.2, -0.15) is 0 Å². The molecular formula is C15H14Cl3NO2. The molecule has 0 amide bonds. The minimum atomic E-state index is 0.523. The van der Waals surface area contributed by atoms with Crippen molar-refractivity contribution in [2.24, 2.45) is 0 Å². The van der Waals surface area contributed by atoms with E-state index in [4.69, 9.17) is 44.3 Å². The number of rotatable bonds is 5. The monoisotopic (exact) mass is 345 g/mol. The molecule has 0 heterocycles. The van der Waals surface area contributed by atoms with Gasteiger partial charge in [0.05, 0.1) is 35.0 Å². The SMILES string of the molecule is COc1cc(Cl)c(NCc2ccc(Cl)c(Cl)c2)cc1OC. The second-order valence-corrected chi connectivity index (χ2v) is 5.51. The number of hydrogen-bond donors (Lipinski definition) is 1. The van der Waals surface area contributed by atoms with Crippen molar-refractivity contribution in [3.63, 3.8) is 0 Å². The molecule has 112 valence electrons. The van der Waals surface area contributed by atoms with Crippen LogP contribution in [0.4, 0.5) is 5.69 Å². The summed E-state index contributed by atoms with van der Waals surface area (Å²) < 4.78 is 10.5. The Balaban J connectivity index is 2.17. The van der Waals surface area contributed by atoms with Gasteiger partial charge < -0.3 is 14.8 Å². The predicted octanol–water partition coefficient (Wildman–Crippen LogP) is 5.28. The molecule has 0 bridgehead atoms. The second-order valence-electron chi connectivity index (χ2n) is 4.29. The lowest BCUT2D eigenvalue weighted by atomic mass is 10.2. The van der Waals surface area contributed by atoms with Crippen molar-refractivity contribution in [2.45, 2.75) is 6.54 Å². The number of nitrogens with one attached hydrogen (secondary N) is 1. The van der Waals surface area contributed by atoms with Crippen molar-refractivity contribution in [1.29, 1.82) is 0 Å². The van der Waals surface area contributed by atoms with Gasteiger partial charge in [-0.3, -0.25) is 0 Å². The number of benzene rings is 2. The Hall–Kier alpha value is -1.29. The number of anilines is 1. The van der Waals surface area contributed by atoms with Gasteiger partial charge in [0.25, 0.3) is 0 Å². The van der Waals surface area contributed by atoms with Gasteiger partial charge in [0.1, 0.15) is 0 Å². The summed E-state index contributed by atoms with van der Waals surface area (Å²) in [6, 6.07) is 8.97. The summed E-state index contributed by atoms with van der Waals surface area (Å²) in [5.74, 6) is 1.20. The van der Waals surface area contributed by atoms with Gasteiger partial charge in [-0.15, -0.1) is 0 Å². The second kappa shape index (κ2) is 7.12. The van der Waals surface area contributed by atoms with Crippen molar-refractivity contribution in [3.05, 3.63) is 51.0 Å². The molecule has 6 heteroatoms. The van der Waals surface area contributed by atoms with E-state index in [0.29, 0.717) is 33.1 Å². The van der Waals surface area contributed by atoms with Crippen molar-refractivity contribution in [1.82, 2.24) is 0 Å². The topological polar surface area (TPSA) is 30.5 Å². The van der Waals surface area contributed by atoms with Crippen molar-refractivity contribution in [2.75, 3.05) is 19.5 Å². The Bertz CT molecular complexity index is 647.